The van der Waals surface area contributed by atoms with Crippen LogP contribution in [0.2, 0.25) is 0 Å². The molecule has 0 saturated heterocycles. The van der Waals surface area contributed by atoms with Crippen LogP contribution in [-0.2, 0) is 6.54 Å². The van der Waals surface area contributed by atoms with E-state index < -0.39 is 6.03 Å². The lowest BCUT2D eigenvalue weighted by Gasteiger charge is -2.08. The second kappa shape index (κ2) is 7.21. The summed E-state index contributed by atoms with van der Waals surface area (Å²) >= 11 is 1.92. The quantitative estimate of drug-likeness (QED) is 0.674. The van der Waals surface area contributed by atoms with E-state index in [0.29, 0.717) is 21.4 Å². The van der Waals surface area contributed by atoms with Crippen molar-refractivity contribution in [3.63, 3.8) is 0 Å². The summed E-state index contributed by atoms with van der Waals surface area (Å²) in [7, 11) is 0. The predicted octanol–water partition coefficient (Wildman–Crippen LogP) is 2.85. The molecule has 0 spiro atoms. The van der Waals surface area contributed by atoms with Gasteiger partial charge < -0.3 is 16.4 Å². The summed E-state index contributed by atoms with van der Waals surface area (Å²) in [5, 5.41) is 5.21. The van der Waals surface area contributed by atoms with Gasteiger partial charge in [-0.3, -0.25) is 4.79 Å². The number of anilines is 1. The van der Waals surface area contributed by atoms with Crippen LogP contribution >= 0.6 is 22.6 Å². The molecule has 22 heavy (non-hydrogen) atoms. The van der Waals surface area contributed by atoms with Gasteiger partial charge in [0.1, 0.15) is 5.82 Å². The molecule has 0 bridgehead atoms. The van der Waals surface area contributed by atoms with Crippen molar-refractivity contribution in [2.75, 3.05) is 5.32 Å². The number of amides is 3. The van der Waals surface area contributed by atoms with Gasteiger partial charge in [0.05, 0.1) is 5.56 Å². The SMILES string of the molecule is NC(=O)Nc1ccc(CNC(=O)c2ccc(F)cc2I)cc1. The van der Waals surface area contributed by atoms with Gasteiger partial charge in [-0.25, -0.2) is 9.18 Å². The van der Waals surface area contributed by atoms with Gasteiger partial charge in [-0.05, 0) is 58.5 Å². The molecule has 0 aliphatic carbocycles. The Bertz CT molecular complexity index is 704. The molecule has 2 rings (SSSR count). The van der Waals surface area contributed by atoms with E-state index in [1.807, 2.05) is 22.6 Å². The molecule has 0 atom stereocenters. The maximum absolute atomic E-state index is 13.0. The molecule has 0 saturated carbocycles. The number of urea groups is 1. The highest BCUT2D eigenvalue weighted by Gasteiger charge is 2.10. The molecule has 4 N–H and O–H groups in total. The zero-order chi connectivity index (χ0) is 16.1. The maximum atomic E-state index is 13.0. The number of hydrogen-bond acceptors (Lipinski definition) is 2. The average molecular weight is 413 g/mol. The van der Waals surface area contributed by atoms with Gasteiger partial charge in [0, 0.05) is 15.8 Å². The molecule has 2 aromatic rings. The van der Waals surface area contributed by atoms with Crippen LogP contribution in [0.15, 0.2) is 42.5 Å². The van der Waals surface area contributed by atoms with Crippen LogP contribution in [0.5, 0.6) is 0 Å². The highest BCUT2D eigenvalue weighted by atomic mass is 127. The van der Waals surface area contributed by atoms with Gasteiger partial charge in [0.15, 0.2) is 0 Å². The van der Waals surface area contributed by atoms with E-state index in [2.05, 4.69) is 10.6 Å². The Morgan fingerprint density at radius 1 is 1.14 bits per heavy atom. The predicted molar refractivity (Wildman–Crippen MR) is 89.9 cm³/mol. The fraction of sp³-hybridized carbons (Fsp3) is 0.0667. The zero-order valence-corrected chi connectivity index (χ0v) is 13.6. The first-order valence-corrected chi connectivity index (χ1v) is 7.42. The molecule has 0 unspecified atom stereocenters. The fourth-order valence-corrected chi connectivity index (χ4v) is 2.52. The maximum Gasteiger partial charge on any atom is 0.316 e. The Labute approximate surface area is 140 Å². The minimum absolute atomic E-state index is 0.274. The molecule has 0 radical (unpaired) electrons. The Morgan fingerprint density at radius 2 is 1.82 bits per heavy atom. The molecule has 5 nitrogen and oxygen atoms in total. The lowest BCUT2D eigenvalue weighted by molar-refractivity contribution is 0.0950. The molecule has 0 aliphatic heterocycles. The summed E-state index contributed by atoms with van der Waals surface area (Å²) in [4.78, 5) is 22.8. The van der Waals surface area contributed by atoms with Crippen LogP contribution in [0.1, 0.15) is 15.9 Å². The van der Waals surface area contributed by atoms with Crippen molar-refractivity contribution in [2.45, 2.75) is 6.54 Å². The zero-order valence-electron chi connectivity index (χ0n) is 11.4. The molecule has 3 amide bonds. The minimum Gasteiger partial charge on any atom is -0.351 e. The number of rotatable bonds is 4. The van der Waals surface area contributed by atoms with Crippen molar-refractivity contribution >= 4 is 40.2 Å². The molecule has 114 valence electrons. The standard InChI is InChI=1S/C15H13FIN3O2/c16-10-3-6-12(13(17)7-10)14(21)19-8-9-1-4-11(5-2-9)20-15(18)22/h1-7H,8H2,(H,19,21)(H3,18,20,22). The highest BCUT2D eigenvalue weighted by Crippen LogP contribution is 2.14. The number of nitrogens with two attached hydrogens (primary N) is 1. The van der Waals surface area contributed by atoms with Gasteiger partial charge in [0.25, 0.3) is 5.91 Å². The number of carbonyl (C=O) groups is 2. The largest absolute Gasteiger partial charge is 0.351 e. The topological polar surface area (TPSA) is 84.2 Å². The second-order valence-electron chi connectivity index (χ2n) is 4.49. The number of halogens is 2. The summed E-state index contributed by atoms with van der Waals surface area (Å²) in [5.74, 6) is -0.651. The monoisotopic (exact) mass is 413 g/mol. The Morgan fingerprint density at radius 3 is 2.41 bits per heavy atom. The van der Waals surface area contributed by atoms with Gasteiger partial charge in [-0.1, -0.05) is 12.1 Å². The van der Waals surface area contributed by atoms with E-state index in [0.717, 1.165) is 5.56 Å². The van der Waals surface area contributed by atoms with Crippen LogP contribution in [0, 0.1) is 9.39 Å². The average Bonchev–Trinajstić information content (AvgIpc) is 2.45. The molecule has 2 aromatic carbocycles. The normalized spacial score (nSPS) is 10.1. The van der Waals surface area contributed by atoms with Crippen molar-refractivity contribution in [3.8, 4) is 0 Å². The van der Waals surface area contributed by atoms with Gasteiger partial charge in [-0.15, -0.1) is 0 Å². The first kappa shape index (κ1) is 16.2. The first-order chi connectivity index (χ1) is 10.5. The van der Waals surface area contributed by atoms with E-state index in [4.69, 9.17) is 5.73 Å². The smallest absolute Gasteiger partial charge is 0.316 e. The number of nitrogens with one attached hydrogen (secondary N) is 2. The van der Waals surface area contributed by atoms with E-state index in [-0.39, 0.29) is 11.7 Å². The Hall–Kier alpha value is -2.16. The number of primary amides is 1. The minimum atomic E-state index is -0.632. The van der Waals surface area contributed by atoms with Crippen molar-refractivity contribution in [2.24, 2.45) is 5.73 Å². The third-order valence-electron chi connectivity index (χ3n) is 2.85. The van der Waals surface area contributed by atoms with Crippen LogP contribution in [0.3, 0.4) is 0 Å². The van der Waals surface area contributed by atoms with Gasteiger partial charge in [0.2, 0.25) is 0 Å². The number of hydrogen-bond donors (Lipinski definition) is 3. The number of benzene rings is 2. The summed E-state index contributed by atoms with van der Waals surface area (Å²) in [6.45, 7) is 0.323. The van der Waals surface area contributed by atoms with Crippen molar-refractivity contribution in [1.82, 2.24) is 5.32 Å². The third-order valence-corrected chi connectivity index (χ3v) is 3.74. The summed E-state index contributed by atoms with van der Waals surface area (Å²) in [6.07, 6.45) is 0. The van der Waals surface area contributed by atoms with Crippen molar-refractivity contribution < 1.29 is 14.0 Å². The second-order valence-corrected chi connectivity index (χ2v) is 5.66. The van der Waals surface area contributed by atoms with Crippen molar-refractivity contribution in [1.29, 1.82) is 0 Å². The highest BCUT2D eigenvalue weighted by molar-refractivity contribution is 14.1. The summed E-state index contributed by atoms with van der Waals surface area (Å²) < 4.78 is 13.6. The number of carbonyl (C=O) groups excluding carboxylic acids is 2. The summed E-state index contributed by atoms with van der Waals surface area (Å²) in [5.41, 5.74) is 6.88. The van der Waals surface area contributed by atoms with E-state index >= 15 is 0 Å². The fourth-order valence-electron chi connectivity index (χ4n) is 1.80. The third kappa shape index (κ3) is 4.42. The van der Waals surface area contributed by atoms with E-state index in [1.54, 1.807) is 24.3 Å². The molecule has 0 heterocycles. The lowest BCUT2D eigenvalue weighted by Crippen LogP contribution is -2.23. The molecule has 0 fully saturated rings. The van der Waals surface area contributed by atoms with Crippen molar-refractivity contribution in [3.05, 3.63) is 63.0 Å². The molecule has 0 aromatic heterocycles. The van der Waals surface area contributed by atoms with E-state index in [1.165, 1.54) is 18.2 Å². The lowest BCUT2D eigenvalue weighted by atomic mass is 10.2. The molecule has 7 heteroatoms. The van der Waals surface area contributed by atoms with Crippen LogP contribution in [-0.4, -0.2) is 11.9 Å². The Kier molecular flexibility index (Phi) is 5.31. The summed E-state index contributed by atoms with van der Waals surface area (Å²) in [6, 6.07) is 10.3. The first-order valence-electron chi connectivity index (χ1n) is 6.34. The molecule has 0 aliphatic rings. The van der Waals surface area contributed by atoms with Gasteiger partial charge >= 0.3 is 6.03 Å². The van der Waals surface area contributed by atoms with Crippen LogP contribution in [0.25, 0.3) is 0 Å². The van der Waals surface area contributed by atoms with Crippen LogP contribution in [0.4, 0.5) is 14.9 Å². The van der Waals surface area contributed by atoms with E-state index in [9.17, 15) is 14.0 Å². The molecular weight excluding hydrogens is 400 g/mol. The van der Waals surface area contributed by atoms with Crippen LogP contribution < -0.4 is 16.4 Å². The molecular formula is C15H13FIN3O2. The Balaban J connectivity index is 1.97. The van der Waals surface area contributed by atoms with Gasteiger partial charge in [-0.2, -0.15) is 0 Å².